The van der Waals surface area contributed by atoms with E-state index in [0.29, 0.717) is 0 Å². The first-order valence-electron chi connectivity index (χ1n) is 17.2. The second-order valence-corrected chi connectivity index (χ2v) is 8.66. The third kappa shape index (κ3) is 10.1. The van der Waals surface area contributed by atoms with Gasteiger partial charge in [-0.2, -0.15) is 0 Å². The molecule has 0 bridgehead atoms. The Kier molecular flexibility index (Phi) is 20.1. The number of hydrogen-bond acceptors (Lipinski definition) is 2. The number of rotatable bonds is 6. The minimum atomic E-state index is 1.13. The minimum Gasteiger partial charge on any atom is -0.310 e. The SMILES string of the molecule is CC.CC.CC.CC.CC.c1ccc(N(c2ccccc2)c2ccc(N(c3ccccc3)c3ccccc3)c3ccccc23)cc1. The molecule has 0 saturated carbocycles. The molecule has 0 radical (unpaired) electrons. The summed E-state index contributed by atoms with van der Waals surface area (Å²) in [6, 6.07) is 55.5. The fourth-order valence-corrected chi connectivity index (χ4v) is 4.82. The third-order valence-electron chi connectivity index (χ3n) is 6.42. The van der Waals surface area contributed by atoms with E-state index >= 15 is 0 Å². The van der Waals surface area contributed by atoms with E-state index in [1.807, 2.05) is 69.2 Å². The average Bonchev–Trinajstić information content (AvgIpc) is 3.18. The molecule has 0 spiro atoms. The van der Waals surface area contributed by atoms with E-state index in [2.05, 4.69) is 168 Å². The summed E-state index contributed by atoms with van der Waals surface area (Å²) in [5.74, 6) is 0. The molecule has 0 saturated heterocycles. The maximum Gasteiger partial charge on any atom is 0.0541 e. The van der Waals surface area contributed by atoms with Crippen LogP contribution in [0.5, 0.6) is 0 Å². The first kappa shape index (κ1) is 39.2. The maximum atomic E-state index is 2.33. The summed E-state index contributed by atoms with van der Waals surface area (Å²) in [6.45, 7) is 20.0. The van der Waals surface area contributed by atoms with Crippen molar-refractivity contribution in [1.82, 2.24) is 0 Å². The van der Waals surface area contributed by atoms with Gasteiger partial charge in [0.1, 0.15) is 0 Å². The second-order valence-electron chi connectivity index (χ2n) is 8.66. The van der Waals surface area contributed by atoms with Gasteiger partial charge in [-0.3, -0.25) is 0 Å². The second kappa shape index (κ2) is 23.5. The molecule has 46 heavy (non-hydrogen) atoms. The lowest BCUT2D eigenvalue weighted by molar-refractivity contribution is 1.28. The van der Waals surface area contributed by atoms with E-state index in [-0.39, 0.29) is 0 Å². The molecule has 0 fully saturated rings. The lowest BCUT2D eigenvalue weighted by atomic mass is 10.0. The normalized spacial score (nSPS) is 9.09. The fourth-order valence-electron chi connectivity index (χ4n) is 4.82. The van der Waals surface area contributed by atoms with Gasteiger partial charge in [-0.15, -0.1) is 0 Å². The number of fused-ring (bicyclic) bond motifs is 1. The van der Waals surface area contributed by atoms with Crippen molar-refractivity contribution in [3.8, 4) is 0 Å². The summed E-state index contributed by atoms with van der Waals surface area (Å²) in [4.78, 5) is 4.67. The summed E-state index contributed by atoms with van der Waals surface area (Å²) in [5.41, 5.74) is 6.81. The van der Waals surface area contributed by atoms with Gasteiger partial charge in [-0.05, 0) is 60.7 Å². The molecule has 0 heterocycles. The molecule has 6 aromatic carbocycles. The number of benzene rings is 6. The quantitative estimate of drug-likeness (QED) is 0.185. The topological polar surface area (TPSA) is 6.48 Å². The van der Waals surface area contributed by atoms with E-state index in [1.165, 1.54) is 10.8 Å². The molecule has 0 aromatic heterocycles. The van der Waals surface area contributed by atoms with Crippen LogP contribution in [0.2, 0.25) is 0 Å². The van der Waals surface area contributed by atoms with Crippen LogP contribution in [0.3, 0.4) is 0 Å². The standard InChI is InChI=1S/C34H26N2.5C2H6/c1-5-15-27(16-6-1)35(28-17-7-2-8-18-28)33-25-26-34(32-24-14-13-23-31(32)33)36(29-19-9-3-10-20-29)30-21-11-4-12-22-30;5*1-2/h1-26H;5*1-2H3. The van der Waals surface area contributed by atoms with E-state index in [0.717, 1.165) is 34.1 Å². The molecule has 2 heteroatoms. The molecule has 0 atom stereocenters. The monoisotopic (exact) mass is 612 g/mol. The number of hydrogen-bond donors (Lipinski definition) is 0. The molecule has 2 nitrogen and oxygen atoms in total. The largest absolute Gasteiger partial charge is 0.310 e. The minimum absolute atomic E-state index is 1.13. The van der Waals surface area contributed by atoms with Crippen molar-refractivity contribution in [2.75, 3.05) is 9.80 Å². The number of anilines is 6. The molecular formula is C44H56N2. The van der Waals surface area contributed by atoms with Gasteiger partial charge < -0.3 is 9.80 Å². The summed E-state index contributed by atoms with van der Waals surface area (Å²) in [6.07, 6.45) is 0. The van der Waals surface area contributed by atoms with Gasteiger partial charge in [0.25, 0.3) is 0 Å². The lowest BCUT2D eigenvalue weighted by Crippen LogP contribution is -2.13. The highest BCUT2D eigenvalue weighted by atomic mass is 15.2. The molecule has 6 aromatic rings. The predicted octanol–water partition coefficient (Wildman–Crippen LogP) is 14.9. The van der Waals surface area contributed by atoms with Crippen LogP contribution in [-0.2, 0) is 0 Å². The van der Waals surface area contributed by atoms with Crippen molar-refractivity contribution in [2.45, 2.75) is 69.2 Å². The highest BCUT2D eigenvalue weighted by molar-refractivity contribution is 6.07. The van der Waals surface area contributed by atoms with Gasteiger partial charge in [0.2, 0.25) is 0 Å². The Labute approximate surface area is 281 Å². The molecule has 0 aliphatic rings. The molecular weight excluding hydrogens is 556 g/mol. The highest BCUT2D eigenvalue weighted by Gasteiger charge is 2.20. The Hall–Kier alpha value is -4.82. The molecule has 6 rings (SSSR count). The van der Waals surface area contributed by atoms with Crippen molar-refractivity contribution in [1.29, 1.82) is 0 Å². The van der Waals surface area contributed by atoms with E-state index in [4.69, 9.17) is 0 Å². The zero-order valence-electron chi connectivity index (χ0n) is 29.9. The van der Waals surface area contributed by atoms with Crippen LogP contribution in [0.4, 0.5) is 34.1 Å². The lowest BCUT2D eigenvalue weighted by Gasteiger charge is -2.30. The van der Waals surface area contributed by atoms with E-state index in [9.17, 15) is 0 Å². The first-order valence-corrected chi connectivity index (χ1v) is 17.2. The van der Waals surface area contributed by atoms with Crippen LogP contribution in [0.1, 0.15) is 69.2 Å². The van der Waals surface area contributed by atoms with Crippen molar-refractivity contribution in [2.24, 2.45) is 0 Å². The van der Waals surface area contributed by atoms with Crippen LogP contribution >= 0.6 is 0 Å². The Morgan fingerprint density at radius 3 is 0.652 bits per heavy atom. The maximum absolute atomic E-state index is 2.33. The van der Waals surface area contributed by atoms with Crippen molar-refractivity contribution < 1.29 is 0 Å². The smallest absolute Gasteiger partial charge is 0.0541 e. The molecule has 0 amide bonds. The fraction of sp³-hybridized carbons (Fsp3) is 0.227. The van der Waals surface area contributed by atoms with Crippen molar-refractivity contribution in [3.63, 3.8) is 0 Å². The van der Waals surface area contributed by atoms with Crippen LogP contribution in [-0.4, -0.2) is 0 Å². The summed E-state index contributed by atoms with van der Waals surface area (Å²) >= 11 is 0. The molecule has 0 N–H and O–H groups in total. The van der Waals surface area contributed by atoms with Gasteiger partial charge in [-0.1, -0.05) is 166 Å². The van der Waals surface area contributed by atoms with Crippen LogP contribution < -0.4 is 9.80 Å². The Morgan fingerprint density at radius 1 is 0.239 bits per heavy atom. The summed E-state index contributed by atoms with van der Waals surface area (Å²) in [5, 5.41) is 2.39. The highest BCUT2D eigenvalue weighted by Crippen LogP contribution is 2.44. The molecule has 0 unspecified atom stereocenters. The zero-order chi connectivity index (χ0) is 34.2. The Bertz CT molecular complexity index is 1360. The van der Waals surface area contributed by atoms with Crippen LogP contribution in [0.25, 0.3) is 10.8 Å². The predicted molar refractivity (Wildman–Crippen MR) is 210 cm³/mol. The van der Waals surface area contributed by atoms with Crippen LogP contribution in [0, 0.1) is 0 Å². The van der Waals surface area contributed by atoms with Gasteiger partial charge in [0.15, 0.2) is 0 Å². The molecule has 242 valence electrons. The third-order valence-corrected chi connectivity index (χ3v) is 6.42. The summed E-state index contributed by atoms with van der Waals surface area (Å²) < 4.78 is 0. The number of nitrogens with zero attached hydrogens (tertiary/aromatic N) is 2. The first-order chi connectivity index (χ1) is 22.9. The van der Waals surface area contributed by atoms with Crippen molar-refractivity contribution in [3.05, 3.63) is 158 Å². The van der Waals surface area contributed by atoms with Gasteiger partial charge in [0, 0.05) is 33.5 Å². The molecule has 0 aliphatic carbocycles. The zero-order valence-corrected chi connectivity index (χ0v) is 29.9. The Morgan fingerprint density at radius 2 is 0.435 bits per heavy atom. The van der Waals surface area contributed by atoms with Gasteiger partial charge in [0.05, 0.1) is 11.4 Å². The molecule has 0 aliphatic heterocycles. The number of para-hydroxylation sites is 4. The van der Waals surface area contributed by atoms with Crippen LogP contribution in [0.15, 0.2) is 158 Å². The van der Waals surface area contributed by atoms with E-state index < -0.39 is 0 Å². The van der Waals surface area contributed by atoms with E-state index in [1.54, 1.807) is 0 Å². The van der Waals surface area contributed by atoms with Gasteiger partial charge >= 0.3 is 0 Å². The van der Waals surface area contributed by atoms with Gasteiger partial charge in [-0.25, -0.2) is 0 Å². The summed E-state index contributed by atoms with van der Waals surface area (Å²) in [7, 11) is 0. The Balaban J connectivity index is 0.000000969. The van der Waals surface area contributed by atoms with Crippen molar-refractivity contribution >= 4 is 44.9 Å². The average molecular weight is 613 g/mol.